The summed E-state index contributed by atoms with van der Waals surface area (Å²) >= 11 is 0. The van der Waals surface area contributed by atoms with Crippen molar-refractivity contribution in [3.05, 3.63) is 0 Å². The standard InChI is InChI=1S/C13H34N2Si2/c1-12(2)14(13(3)4)11-15(16(5,6)7)17(8,9)10/h12-13H,11H2,1-10H3. The Labute approximate surface area is 112 Å². The molecule has 2 nitrogen and oxygen atoms in total. The summed E-state index contributed by atoms with van der Waals surface area (Å²) in [4.78, 5) is 2.62. The molecule has 0 rings (SSSR count). The van der Waals surface area contributed by atoms with E-state index in [1.807, 2.05) is 0 Å². The van der Waals surface area contributed by atoms with Crippen molar-refractivity contribution in [1.29, 1.82) is 0 Å². The zero-order valence-electron chi connectivity index (χ0n) is 13.8. The van der Waals surface area contributed by atoms with Crippen molar-refractivity contribution in [1.82, 2.24) is 9.13 Å². The molecule has 0 amide bonds. The van der Waals surface area contributed by atoms with E-state index >= 15 is 0 Å². The molecule has 0 bridgehead atoms. The topological polar surface area (TPSA) is 6.48 Å². The molecule has 0 saturated heterocycles. The third-order valence-corrected chi connectivity index (χ3v) is 10.8. The van der Waals surface area contributed by atoms with E-state index in [9.17, 15) is 0 Å². The van der Waals surface area contributed by atoms with E-state index in [1.165, 1.54) is 0 Å². The maximum Gasteiger partial charge on any atom is 0.113 e. The van der Waals surface area contributed by atoms with E-state index in [2.05, 4.69) is 76.1 Å². The van der Waals surface area contributed by atoms with Gasteiger partial charge in [-0.25, -0.2) is 0 Å². The molecule has 0 aromatic rings. The van der Waals surface area contributed by atoms with Crippen LogP contribution in [0.4, 0.5) is 0 Å². The van der Waals surface area contributed by atoms with E-state index < -0.39 is 16.5 Å². The first-order valence-corrected chi connectivity index (χ1v) is 13.8. The highest BCUT2D eigenvalue weighted by Gasteiger charge is 2.36. The molecule has 0 spiro atoms. The van der Waals surface area contributed by atoms with Crippen LogP contribution in [0.15, 0.2) is 0 Å². The third-order valence-electron chi connectivity index (χ3n) is 3.25. The molecule has 0 heterocycles. The average Bonchev–Trinajstić information content (AvgIpc) is 1.96. The molecule has 0 N–H and O–H groups in total. The van der Waals surface area contributed by atoms with Gasteiger partial charge in [0.15, 0.2) is 0 Å². The minimum Gasteiger partial charge on any atom is -0.334 e. The van der Waals surface area contributed by atoms with Gasteiger partial charge in [-0.15, -0.1) is 0 Å². The molecular formula is C13H34N2Si2. The second-order valence-corrected chi connectivity index (χ2v) is 17.8. The second-order valence-electron chi connectivity index (χ2n) is 7.61. The minimum absolute atomic E-state index is 0.630. The van der Waals surface area contributed by atoms with Crippen LogP contribution in [0.2, 0.25) is 39.3 Å². The van der Waals surface area contributed by atoms with Crippen LogP contribution < -0.4 is 0 Å². The average molecular weight is 275 g/mol. The zero-order chi connectivity index (χ0) is 14.0. The number of rotatable bonds is 6. The molecule has 0 saturated carbocycles. The summed E-state index contributed by atoms with van der Waals surface area (Å²) in [6, 6.07) is 1.26. The lowest BCUT2D eigenvalue weighted by Crippen LogP contribution is -2.63. The van der Waals surface area contributed by atoms with Gasteiger partial charge in [-0.2, -0.15) is 0 Å². The highest BCUT2D eigenvalue weighted by molar-refractivity contribution is 6.89. The van der Waals surface area contributed by atoms with Crippen molar-refractivity contribution in [2.75, 3.05) is 6.67 Å². The Morgan fingerprint density at radius 2 is 1.00 bits per heavy atom. The Hall–Kier alpha value is 0.354. The molecule has 0 atom stereocenters. The van der Waals surface area contributed by atoms with Crippen LogP contribution in [-0.4, -0.2) is 44.4 Å². The molecule has 0 aliphatic heterocycles. The number of nitrogens with zero attached hydrogens (tertiary/aromatic N) is 2. The van der Waals surface area contributed by atoms with Crippen LogP contribution in [0.5, 0.6) is 0 Å². The van der Waals surface area contributed by atoms with Crippen molar-refractivity contribution in [2.24, 2.45) is 0 Å². The molecule has 0 aliphatic carbocycles. The molecule has 0 radical (unpaired) electrons. The van der Waals surface area contributed by atoms with Crippen molar-refractivity contribution < 1.29 is 0 Å². The Morgan fingerprint density at radius 3 is 1.18 bits per heavy atom. The van der Waals surface area contributed by atoms with Gasteiger partial charge in [0, 0.05) is 18.8 Å². The summed E-state index contributed by atoms with van der Waals surface area (Å²) in [5, 5.41) is 0. The first kappa shape index (κ1) is 17.4. The fourth-order valence-electron chi connectivity index (χ4n) is 2.52. The van der Waals surface area contributed by atoms with Gasteiger partial charge in [-0.3, -0.25) is 4.90 Å². The van der Waals surface area contributed by atoms with Crippen molar-refractivity contribution in [2.45, 2.75) is 79.1 Å². The van der Waals surface area contributed by atoms with Crippen LogP contribution >= 0.6 is 0 Å². The first-order valence-electron chi connectivity index (χ1n) is 6.91. The SMILES string of the molecule is CC(C)N(CN([Si](C)(C)C)[Si](C)(C)C)C(C)C. The summed E-state index contributed by atoms with van der Waals surface area (Å²) < 4.78 is 2.86. The van der Waals surface area contributed by atoms with Crippen molar-refractivity contribution >= 4 is 16.5 Å². The zero-order valence-corrected chi connectivity index (χ0v) is 15.8. The van der Waals surface area contributed by atoms with Gasteiger partial charge in [0.05, 0.1) is 0 Å². The highest BCUT2D eigenvalue weighted by Crippen LogP contribution is 2.21. The lowest BCUT2D eigenvalue weighted by Gasteiger charge is -2.48. The molecule has 17 heavy (non-hydrogen) atoms. The molecule has 0 aliphatic rings. The molecular weight excluding hydrogens is 240 g/mol. The summed E-state index contributed by atoms with van der Waals surface area (Å²) in [6.45, 7) is 25.3. The second kappa shape index (κ2) is 6.00. The van der Waals surface area contributed by atoms with Gasteiger partial charge >= 0.3 is 0 Å². The van der Waals surface area contributed by atoms with E-state index in [0.29, 0.717) is 12.1 Å². The van der Waals surface area contributed by atoms with Crippen LogP contribution in [-0.2, 0) is 0 Å². The minimum atomic E-state index is -1.22. The largest absolute Gasteiger partial charge is 0.334 e. The van der Waals surface area contributed by atoms with Gasteiger partial charge in [0.2, 0.25) is 0 Å². The van der Waals surface area contributed by atoms with Gasteiger partial charge in [0.1, 0.15) is 16.5 Å². The van der Waals surface area contributed by atoms with Crippen LogP contribution in [0.3, 0.4) is 0 Å². The Morgan fingerprint density at radius 1 is 0.706 bits per heavy atom. The normalized spacial score (nSPS) is 14.5. The van der Waals surface area contributed by atoms with Gasteiger partial charge in [0.25, 0.3) is 0 Å². The molecule has 0 unspecified atom stereocenters. The Kier molecular flexibility index (Phi) is 6.12. The van der Waals surface area contributed by atoms with E-state index in [4.69, 9.17) is 0 Å². The molecule has 0 fully saturated rings. The van der Waals surface area contributed by atoms with Crippen LogP contribution in [0.25, 0.3) is 0 Å². The lowest BCUT2D eigenvalue weighted by atomic mass is 10.2. The van der Waals surface area contributed by atoms with Crippen LogP contribution in [0.1, 0.15) is 27.7 Å². The molecule has 104 valence electrons. The van der Waals surface area contributed by atoms with Crippen molar-refractivity contribution in [3.63, 3.8) is 0 Å². The van der Waals surface area contributed by atoms with Gasteiger partial charge in [-0.05, 0) is 27.7 Å². The summed E-state index contributed by atoms with van der Waals surface area (Å²) in [5.41, 5.74) is 0. The van der Waals surface area contributed by atoms with E-state index in [0.717, 1.165) is 6.67 Å². The summed E-state index contributed by atoms with van der Waals surface area (Å²) in [5.74, 6) is 0. The molecule has 0 aromatic heterocycles. The summed E-state index contributed by atoms with van der Waals surface area (Å²) in [6.07, 6.45) is 0. The predicted molar refractivity (Wildman–Crippen MR) is 85.5 cm³/mol. The maximum atomic E-state index is 2.86. The van der Waals surface area contributed by atoms with E-state index in [1.54, 1.807) is 0 Å². The fourth-order valence-corrected chi connectivity index (χ4v) is 11.7. The third kappa shape index (κ3) is 5.68. The summed E-state index contributed by atoms with van der Waals surface area (Å²) in [7, 11) is -2.45. The molecule has 4 heteroatoms. The quantitative estimate of drug-likeness (QED) is 0.533. The highest BCUT2D eigenvalue weighted by atomic mass is 28.4. The Balaban J connectivity index is 4.99. The number of hydrogen-bond donors (Lipinski definition) is 0. The maximum absolute atomic E-state index is 2.86. The molecule has 0 aromatic carbocycles. The first-order chi connectivity index (χ1) is 7.37. The predicted octanol–water partition coefficient (Wildman–Crippen LogP) is 4.03. The van der Waals surface area contributed by atoms with Crippen molar-refractivity contribution in [3.8, 4) is 0 Å². The number of hydrogen-bond acceptors (Lipinski definition) is 2. The van der Waals surface area contributed by atoms with Crippen LogP contribution in [0, 0.1) is 0 Å². The van der Waals surface area contributed by atoms with Gasteiger partial charge in [-0.1, -0.05) is 39.3 Å². The van der Waals surface area contributed by atoms with Gasteiger partial charge < -0.3 is 4.23 Å². The lowest BCUT2D eigenvalue weighted by molar-refractivity contribution is 0.142. The fraction of sp³-hybridized carbons (Fsp3) is 1.00. The Bertz CT molecular complexity index is 205. The smallest absolute Gasteiger partial charge is 0.113 e. The monoisotopic (exact) mass is 274 g/mol. The van der Waals surface area contributed by atoms with E-state index in [-0.39, 0.29) is 0 Å².